The van der Waals surface area contributed by atoms with Crippen molar-refractivity contribution in [3.05, 3.63) is 36.4 Å². The minimum atomic E-state index is 0. The number of aromatic nitrogens is 2. The van der Waals surface area contributed by atoms with E-state index in [1.807, 2.05) is 28.2 Å². The van der Waals surface area contributed by atoms with Crippen molar-refractivity contribution in [1.29, 1.82) is 0 Å². The van der Waals surface area contributed by atoms with Gasteiger partial charge < -0.3 is 22.2 Å². The highest BCUT2D eigenvalue weighted by Gasteiger charge is 2.10. The van der Waals surface area contributed by atoms with Crippen molar-refractivity contribution in [2.45, 2.75) is 0 Å². The summed E-state index contributed by atoms with van der Waals surface area (Å²) in [5, 5.41) is 0. The molecule has 0 amide bonds. The zero-order valence-corrected chi connectivity index (χ0v) is 13.4. The number of H-pyrrole nitrogens is 1. The maximum absolute atomic E-state index is 4.78. The minimum absolute atomic E-state index is 0. The monoisotopic (exact) mass is 302 g/mol. The van der Waals surface area contributed by atoms with E-state index in [-0.39, 0.29) is 12.4 Å². The molecule has 0 aliphatic heterocycles. The van der Waals surface area contributed by atoms with E-state index in [0.717, 1.165) is 33.4 Å². The number of nitrogens with one attached hydrogen (secondary N) is 1. The van der Waals surface area contributed by atoms with Crippen molar-refractivity contribution < 1.29 is 17.4 Å². The number of rotatable bonds is 2. The van der Waals surface area contributed by atoms with Crippen LogP contribution in [0.5, 0.6) is 0 Å². The lowest BCUT2D eigenvalue weighted by Crippen LogP contribution is -3.00. The minimum Gasteiger partial charge on any atom is -1.00 e. The molecule has 0 aliphatic rings. The second kappa shape index (κ2) is 5.74. The van der Waals surface area contributed by atoms with Crippen LogP contribution in [-0.4, -0.2) is 33.2 Å². The van der Waals surface area contributed by atoms with Crippen LogP contribution in [0.25, 0.3) is 22.1 Å². The molecule has 3 rings (SSSR count). The van der Waals surface area contributed by atoms with Crippen LogP contribution in [0.2, 0.25) is 0 Å². The molecule has 1 aromatic heterocycles. The van der Waals surface area contributed by atoms with Gasteiger partial charge in [-0.15, -0.1) is 0 Å². The molecule has 0 atom stereocenters. The molecule has 2 aromatic carbocycles. The fraction of sp³-hybridized carbons (Fsp3) is 0.250. The number of halogens is 1. The molecule has 0 aliphatic carbocycles. The number of fused-ring (bicyclic) bond motifs is 2. The lowest BCUT2D eigenvalue weighted by Gasteiger charge is -2.12. The molecular weight excluding hydrogens is 284 g/mol. The normalized spacial score (nSPS) is 10.5. The number of nitrogens with zero attached hydrogens (tertiary/aromatic N) is 3. The van der Waals surface area contributed by atoms with Crippen molar-refractivity contribution in [2.24, 2.45) is 0 Å². The first kappa shape index (κ1) is 15.3. The Morgan fingerprint density at radius 1 is 0.762 bits per heavy atom. The molecule has 1 heterocycles. The van der Waals surface area contributed by atoms with E-state index in [9.17, 15) is 0 Å². The first-order valence-corrected chi connectivity index (χ1v) is 6.66. The third-order valence-electron chi connectivity index (χ3n) is 3.51. The summed E-state index contributed by atoms with van der Waals surface area (Å²) in [7, 11) is 8.15. The average molecular weight is 303 g/mol. The predicted molar refractivity (Wildman–Crippen MR) is 84.5 cm³/mol. The van der Waals surface area contributed by atoms with Gasteiger partial charge in [0.15, 0.2) is 0 Å². The topological polar surface area (TPSA) is 33.5 Å². The van der Waals surface area contributed by atoms with Crippen LogP contribution >= 0.6 is 0 Å². The largest absolute Gasteiger partial charge is 1.00 e. The lowest BCUT2D eigenvalue weighted by atomic mass is 10.2. The maximum atomic E-state index is 4.78. The number of anilines is 2. The van der Waals surface area contributed by atoms with Gasteiger partial charge >= 0.3 is 0 Å². The van der Waals surface area contributed by atoms with E-state index in [2.05, 4.69) is 51.2 Å². The van der Waals surface area contributed by atoms with Crippen molar-refractivity contribution in [3.63, 3.8) is 0 Å². The van der Waals surface area contributed by atoms with Crippen LogP contribution < -0.4 is 27.2 Å². The van der Waals surface area contributed by atoms with Crippen LogP contribution in [0.15, 0.2) is 36.4 Å². The zero-order valence-electron chi connectivity index (χ0n) is 12.7. The molecule has 0 bridgehead atoms. The van der Waals surface area contributed by atoms with E-state index in [1.165, 1.54) is 0 Å². The molecule has 110 valence electrons. The quantitative estimate of drug-likeness (QED) is 0.589. The van der Waals surface area contributed by atoms with Crippen LogP contribution in [-0.2, 0) is 0 Å². The lowest BCUT2D eigenvalue weighted by molar-refractivity contribution is -0.310. The third kappa shape index (κ3) is 2.85. The number of hydrogen-bond donors (Lipinski definition) is 0. The highest BCUT2D eigenvalue weighted by atomic mass is 35.5. The number of benzene rings is 2. The summed E-state index contributed by atoms with van der Waals surface area (Å²) in [6.45, 7) is 0. The van der Waals surface area contributed by atoms with Crippen molar-refractivity contribution >= 4 is 33.4 Å². The van der Waals surface area contributed by atoms with Crippen LogP contribution in [0, 0.1) is 0 Å². The summed E-state index contributed by atoms with van der Waals surface area (Å²) in [6, 6.07) is 12.6. The molecule has 0 saturated carbocycles. The summed E-state index contributed by atoms with van der Waals surface area (Å²) < 4.78 is 0. The summed E-state index contributed by atoms with van der Waals surface area (Å²) in [5.41, 5.74) is 6.39. The van der Waals surface area contributed by atoms with Gasteiger partial charge in [0.2, 0.25) is 11.0 Å². The molecule has 3 aromatic rings. The maximum Gasteiger partial charge on any atom is 0.230 e. The Balaban J connectivity index is 0.00000161. The van der Waals surface area contributed by atoms with Gasteiger partial charge in [0.1, 0.15) is 11.0 Å². The van der Waals surface area contributed by atoms with Crippen LogP contribution in [0.4, 0.5) is 11.4 Å². The fourth-order valence-corrected chi connectivity index (χ4v) is 2.27. The van der Waals surface area contributed by atoms with Crippen LogP contribution in [0.3, 0.4) is 0 Å². The van der Waals surface area contributed by atoms with Gasteiger partial charge in [-0.3, -0.25) is 0 Å². The zero-order chi connectivity index (χ0) is 14.3. The standard InChI is InChI=1S/C16H18N4.ClH/c1-19(2)11-5-7-13-15(9-11)18-16-10-12(20(3)4)6-8-14(16)17-13;/h5-10H,1-4H3;1H. The summed E-state index contributed by atoms with van der Waals surface area (Å²) >= 11 is 0. The van der Waals surface area contributed by atoms with Gasteiger partial charge in [0.25, 0.3) is 0 Å². The molecule has 0 radical (unpaired) electrons. The van der Waals surface area contributed by atoms with Crippen LogP contribution in [0.1, 0.15) is 0 Å². The number of aromatic amines is 1. The Morgan fingerprint density at radius 3 is 1.57 bits per heavy atom. The first-order chi connectivity index (χ1) is 9.54. The van der Waals surface area contributed by atoms with Gasteiger partial charge in [-0.25, -0.2) is 9.97 Å². The Morgan fingerprint density at radius 2 is 1.19 bits per heavy atom. The Kier molecular flexibility index (Phi) is 4.19. The highest BCUT2D eigenvalue weighted by molar-refractivity contribution is 5.85. The molecule has 0 fully saturated rings. The van der Waals surface area contributed by atoms with Crippen molar-refractivity contribution in [2.75, 3.05) is 38.0 Å². The van der Waals surface area contributed by atoms with Gasteiger partial charge in [0.05, 0.1) is 0 Å². The highest BCUT2D eigenvalue weighted by Crippen LogP contribution is 2.21. The Labute approximate surface area is 130 Å². The summed E-state index contributed by atoms with van der Waals surface area (Å²) in [6.07, 6.45) is 0. The van der Waals surface area contributed by atoms with Gasteiger partial charge in [-0.2, -0.15) is 0 Å². The third-order valence-corrected chi connectivity index (χ3v) is 3.51. The molecule has 0 unspecified atom stereocenters. The molecular formula is C16H19ClN4. The molecule has 5 heteroatoms. The Hall–Kier alpha value is -2.07. The fourth-order valence-electron chi connectivity index (χ4n) is 2.27. The van der Waals surface area contributed by atoms with Gasteiger partial charge in [-0.1, -0.05) is 0 Å². The smallest absolute Gasteiger partial charge is 0.230 e. The Bertz CT molecular complexity index is 721. The van der Waals surface area contributed by atoms with E-state index in [1.54, 1.807) is 0 Å². The van der Waals surface area contributed by atoms with Crippen molar-refractivity contribution in [1.82, 2.24) is 4.98 Å². The summed E-state index contributed by atoms with van der Waals surface area (Å²) in [4.78, 5) is 12.4. The van der Waals surface area contributed by atoms with Gasteiger partial charge in [0, 0.05) is 51.7 Å². The van der Waals surface area contributed by atoms with E-state index < -0.39 is 0 Å². The molecule has 0 spiro atoms. The molecule has 1 N–H and O–H groups in total. The van der Waals surface area contributed by atoms with E-state index in [4.69, 9.17) is 4.98 Å². The SMILES string of the molecule is CN(C)c1ccc2[nH+]c3ccc(N(C)C)cc3nc2c1.[Cl-]. The van der Waals surface area contributed by atoms with Gasteiger partial charge in [-0.05, 0) is 24.3 Å². The van der Waals surface area contributed by atoms with Crippen molar-refractivity contribution in [3.8, 4) is 0 Å². The first-order valence-electron chi connectivity index (χ1n) is 6.66. The molecule has 21 heavy (non-hydrogen) atoms. The van der Waals surface area contributed by atoms with E-state index in [0.29, 0.717) is 0 Å². The summed E-state index contributed by atoms with van der Waals surface area (Å²) in [5.74, 6) is 0. The van der Waals surface area contributed by atoms with E-state index >= 15 is 0 Å². The molecule has 0 saturated heterocycles. The second-order valence-corrected chi connectivity index (χ2v) is 5.43. The average Bonchev–Trinajstić information content (AvgIpc) is 2.43. The molecule has 4 nitrogen and oxygen atoms in total. The second-order valence-electron chi connectivity index (χ2n) is 5.43. The predicted octanol–water partition coefficient (Wildman–Crippen LogP) is -0.662. The number of hydrogen-bond acceptors (Lipinski definition) is 3.